The third-order valence-electron chi connectivity index (χ3n) is 3.93. The van der Waals surface area contributed by atoms with E-state index in [0.717, 1.165) is 19.3 Å². The number of benzene rings is 1. The van der Waals surface area contributed by atoms with Crippen molar-refractivity contribution in [3.05, 3.63) is 28.8 Å². The quantitative estimate of drug-likeness (QED) is 0.566. The van der Waals surface area contributed by atoms with Crippen molar-refractivity contribution in [1.29, 1.82) is 0 Å². The largest absolute Gasteiger partial charge is 0.497 e. The zero-order valence-electron chi connectivity index (χ0n) is 12.9. The van der Waals surface area contributed by atoms with Crippen molar-refractivity contribution < 1.29 is 18.1 Å². The van der Waals surface area contributed by atoms with E-state index in [-0.39, 0.29) is 5.46 Å². The molecule has 1 saturated heterocycles. The van der Waals surface area contributed by atoms with Gasteiger partial charge in [0.2, 0.25) is 0 Å². The Morgan fingerprint density at radius 2 is 1.71 bits per heavy atom. The minimum Gasteiger partial charge on any atom is -0.405 e. The van der Waals surface area contributed by atoms with E-state index in [4.69, 9.17) is 9.31 Å². The molecule has 0 aromatic heterocycles. The second-order valence-corrected chi connectivity index (χ2v) is 5.63. The fourth-order valence-electron chi connectivity index (χ4n) is 2.75. The Kier molecular flexibility index (Phi) is 6.18. The Bertz CT molecular complexity index is 474. The number of unbranched alkanes of at least 4 members (excludes halogenated alkanes) is 4. The summed E-state index contributed by atoms with van der Waals surface area (Å²) < 4.78 is 39.0. The average Bonchev–Trinajstić information content (AvgIpc) is 2.98. The van der Waals surface area contributed by atoms with Crippen molar-refractivity contribution >= 4 is 12.6 Å². The highest BCUT2D eigenvalue weighted by molar-refractivity contribution is 6.62. The molecule has 1 aliphatic heterocycles. The predicted molar refractivity (Wildman–Crippen MR) is 80.9 cm³/mol. The second kappa shape index (κ2) is 7.90. The van der Waals surface area contributed by atoms with E-state index in [0.29, 0.717) is 30.8 Å². The molecule has 0 aliphatic carbocycles. The maximum atomic E-state index is 14.3. The van der Waals surface area contributed by atoms with Crippen molar-refractivity contribution in [2.45, 2.75) is 52.4 Å². The fourth-order valence-corrected chi connectivity index (χ4v) is 2.75. The van der Waals surface area contributed by atoms with Gasteiger partial charge in [-0.3, -0.25) is 0 Å². The van der Waals surface area contributed by atoms with Crippen LogP contribution < -0.4 is 5.46 Å². The van der Waals surface area contributed by atoms with Gasteiger partial charge in [-0.2, -0.15) is 0 Å². The molecule has 0 radical (unpaired) electrons. The van der Waals surface area contributed by atoms with Gasteiger partial charge in [0.1, 0.15) is 0 Å². The van der Waals surface area contributed by atoms with Crippen LogP contribution in [0.25, 0.3) is 0 Å². The Hall–Kier alpha value is -0.935. The molecular weight excluding hydrogens is 273 g/mol. The summed E-state index contributed by atoms with van der Waals surface area (Å²) in [5.74, 6) is -1.56. The topological polar surface area (TPSA) is 18.5 Å². The van der Waals surface area contributed by atoms with E-state index >= 15 is 0 Å². The first-order chi connectivity index (χ1) is 10.1. The highest BCUT2D eigenvalue weighted by atomic mass is 19.2. The molecule has 0 N–H and O–H groups in total. The first-order valence-electron chi connectivity index (χ1n) is 7.85. The van der Waals surface area contributed by atoms with Crippen molar-refractivity contribution in [2.24, 2.45) is 0 Å². The molecule has 0 saturated carbocycles. The molecule has 0 spiro atoms. The standard InChI is InChI=1S/C16H23BF2O2/c1-3-4-5-6-7-8-13-11-12(2)14(16(19)15(13)18)17-20-9-10-21-17/h11H,3-10H2,1-2H3. The molecule has 1 heterocycles. The molecule has 2 rings (SSSR count). The Labute approximate surface area is 126 Å². The second-order valence-electron chi connectivity index (χ2n) is 5.63. The summed E-state index contributed by atoms with van der Waals surface area (Å²) in [6, 6.07) is 1.73. The summed E-state index contributed by atoms with van der Waals surface area (Å²) in [5.41, 5.74) is 1.37. The minimum atomic E-state index is -0.814. The van der Waals surface area contributed by atoms with Crippen LogP contribution in [-0.4, -0.2) is 20.3 Å². The number of halogens is 2. The fraction of sp³-hybridized carbons (Fsp3) is 0.625. The smallest absolute Gasteiger partial charge is 0.405 e. The molecular formula is C16H23BF2O2. The Morgan fingerprint density at radius 3 is 2.38 bits per heavy atom. The molecule has 2 nitrogen and oxygen atoms in total. The molecule has 0 unspecified atom stereocenters. The number of hydrogen-bond donors (Lipinski definition) is 0. The predicted octanol–water partition coefficient (Wildman–Crippen LogP) is 3.53. The summed E-state index contributed by atoms with van der Waals surface area (Å²) in [6.45, 7) is 4.78. The summed E-state index contributed by atoms with van der Waals surface area (Å²) in [6.07, 6.45) is 6.07. The molecule has 0 amide bonds. The van der Waals surface area contributed by atoms with Gasteiger partial charge in [0, 0.05) is 5.46 Å². The van der Waals surface area contributed by atoms with E-state index < -0.39 is 18.8 Å². The first-order valence-corrected chi connectivity index (χ1v) is 7.85. The third-order valence-corrected chi connectivity index (χ3v) is 3.93. The lowest BCUT2D eigenvalue weighted by Crippen LogP contribution is -2.37. The van der Waals surface area contributed by atoms with Crippen LogP contribution in [0.4, 0.5) is 8.78 Å². The highest BCUT2D eigenvalue weighted by Gasteiger charge is 2.33. The molecule has 0 bridgehead atoms. The average molecular weight is 296 g/mol. The van der Waals surface area contributed by atoms with Crippen LogP contribution >= 0.6 is 0 Å². The van der Waals surface area contributed by atoms with Gasteiger partial charge in [-0.15, -0.1) is 0 Å². The van der Waals surface area contributed by atoms with Gasteiger partial charge in [-0.25, -0.2) is 8.78 Å². The Balaban J connectivity index is 2.06. The minimum absolute atomic E-state index is 0.208. The van der Waals surface area contributed by atoms with Gasteiger partial charge in [0.15, 0.2) is 11.6 Å². The van der Waals surface area contributed by atoms with Gasteiger partial charge in [0.05, 0.1) is 13.2 Å². The van der Waals surface area contributed by atoms with E-state index in [1.807, 2.05) is 0 Å². The van der Waals surface area contributed by atoms with Crippen LogP contribution in [0.2, 0.25) is 0 Å². The number of rotatable bonds is 7. The zero-order valence-corrected chi connectivity index (χ0v) is 12.9. The molecule has 116 valence electrons. The Morgan fingerprint density at radius 1 is 1.05 bits per heavy atom. The van der Waals surface area contributed by atoms with Crippen molar-refractivity contribution in [3.8, 4) is 0 Å². The van der Waals surface area contributed by atoms with Crippen LogP contribution in [0.1, 0.15) is 50.2 Å². The van der Waals surface area contributed by atoms with Crippen molar-refractivity contribution in [1.82, 2.24) is 0 Å². The van der Waals surface area contributed by atoms with Gasteiger partial charge < -0.3 is 9.31 Å². The lowest BCUT2D eigenvalue weighted by molar-refractivity contribution is 0.365. The zero-order chi connectivity index (χ0) is 15.2. The monoisotopic (exact) mass is 296 g/mol. The lowest BCUT2D eigenvalue weighted by atomic mass is 9.75. The van der Waals surface area contributed by atoms with Gasteiger partial charge in [0.25, 0.3) is 0 Å². The maximum Gasteiger partial charge on any atom is 0.497 e. The van der Waals surface area contributed by atoms with Crippen LogP contribution in [-0.2, 0) is 15.7 Å². The number of hydrogen-bond acceptors (Lipinski definition) is 2. The molecule has 1 aliphatic rings. The summed E-state index contributed by atoms with van der Waals surface area (Å²) in [4.78, 5) is 0. The van der Waals surface area contributed by atoms with Gasteiger partial charge >= 0.3 is 7.12 Å². The van der Waals surface area contributed by atoms with E-state index in [1.54, 1.807) is 13.0 Å². The maximum absolute atomic E-state index is 14.3. The highest BCUT2D eigenvalue weighted by Crippen LogP contribution is 2.18. The molecule has 5 heteroatoms. The van der Waals surface area contributed by atoms with E-state index in [9.17, 15) is 8.78 Å². The molecule has 1 aromatic carbocycles. The van der Waals surface area contributed by atoms with Crippen LogP contribution in [0.15, 0.2) is 6.07 Å². The van der Waals surface area contributed by atoms with Gasteiger partial charge in [-0.05, 0) is 30.9 Å². The molecule has 0 atom stereocenters. The molecule has 21 heavy (non-hydrogen) atoms. The normalized spacial score (nSPS) is 15.0. The summed E-state index contributed by atoms with van der Waals surface area (Å²) >= 11 is 0. The van der Waals surface area contributed by atoms with Crippen LogP contribution in [0, 0.1) is 18.6 Å². The summed E-state index contributed by atoms with van der Waals surface area (Å²) in [7, 11) is -0.766. The van der Waals surface area contributed by atoms with Crippen LogP contribution in [0.3, 0.4) is 0 Å². The van der Waals surface area contributed by atoms with Crippen molar-refractivity contribution in [2.75, 3.05) is 13.2 Å². The first kappa shape index (κ1) is 16.4. The molecule has 1 fully saturated rings. The lowest BCUT2D eigenvalue weighted by Gasteiger charge is -2.13. The van der Waals surface area contributed by atoms with Crippen LogP contribution in [0.5, 0.6) is 0 Å². The van der Waals surface area contributed by atoms with E-state index in [2.05, 4.69) is 6.92 Å². The number of aryl methyl sites for hydroxylation is 2. The van der Waals surface area contributed by atoms with Gasteiger partial charge in [-0.1, -0.05) is 38.7 Å². The van der Waals surface area contributed by atoms with E-state index in [1.165, 1.54) is 12.8 Å². The molecule has 1 aromatic rings. The van der Waals surface area contributed by atoms with Crippen molar-refractivity contribution in [3.63, 3.8) is 0 Å². The summed E-state index contributed by atoms with van der Waals surface area (Å²) in [5, 5.41) is 0. The SMILES string of the molecule is CCCCCCCc1cc(C)c(B2OCCO2)c(F)c1F. The third kappa shape index (κ3) is 4.04.